The first kappa shape index (κ1) is 25.7. The maximum Gasteiger partial charge on any atom is 0.310 e. The lowest BCUT2D eigenvalue weighted by atomic mass is 9.33. The van der Waals surface area contributed by atoms with Gasteiger partial charge in [0.15, 0.2) is 0 Å². The van der Waals surface area contributed by atoms with E-state index in [2.05, 4.69) is 40.7 Å². The fraction of sp³-hybridized carbons (Fsp3) is 0.900. The van der Waals surface area contributed by atoms with Crippen LogP contribution in [0.2, 0.25) is 0 Å². The summed E-state index contributed by atoms with van der Waals surface area (Å²) in [5, 5.41) is 43.8. The molecule has 0 saturated heterocycles. The molecule has 11 atom stereocenters. The van der Waals surface area contributed by atoms with E-state index >= 15 is 0 Å². The number of aliphatic carboxylic acids is 1. The van der Waals surface area contributed by atoms with Crippen LogP contribution in [0.15, 0.2) is 11.6 Å². The van der Waals surface area contributed by atoms with Crippen molar-refractivity contribution in [1.82, 2.24) is 0 Å². The molecule has 1 unspecified atom stereocenters. The molecule has 198 valence electrons. The first-order valence-corrected chi connectivity index (χ1v) is 14.1. The van der Waals surface area contributed by atoms with E-state index in [9.17, 15) is 25.2 Å². The summed E-state index contributed by atoms with van der Waals surface area (Å²) >= 11 is 0. The highest BCUT2D eigenvalue weighted by Gasteiger charge is 2.71. The molecule has 5 nitrogen and oxygen atoms in total. The Morgan fingerprint density at radius 3 is 2.29 bits per heavy atom. The average Bonchev–Trinajstić information content (AvgIpc) is 2.79. The molecular weight excluding hydrogens is 440 g/mol. The highest BCUT2D eigenvalue weighted by Crippen LogP contribution is 2.76. The van der Waals surface area contributed by atoms with E-state index in [1.165, 1.54) is 5.57 Å². The molecule has 0 aromatic heterocycles. The second-order valence-electron chi connectivity index (χ2n) is 14.6. The van der Waals surface area contributed by atoms with Gasteiger partial charge in [0.25, 0.3) is 0 Å². The van der Waals surface area contributed by atoms with Crippen molar-refractivity contribution in [1.29, 1.82) is 0 Å². The molecule has 5 aliphatic rings. The van der Waals surface area contributed by atoms with E-state index in [-0.39, 0.29) is 40.6 Å². The third kappa shape index (κ3) is 2.90. The molecule has 4 saturated carbocycles. The van der Waals surface area contributed by atoms with E-state index in [0.29, 0.717) is 18.8 Å². The lowest BCUT2D eigenvalue weighted by Crippen LogP contribution is -2.68. The highest BCUT2D eigenvalue weighted by molar-refractivity contribution is 5.77. The Morgan fingerprint density at radius 2 is 1.66 bits per heavy atom. The van der Waals surface area contributed by atoms with Crippen LogP contribution in [0, 0.1) is 50.7 Å². The predicted molar refractivity (Wildman–Crippen MR) is 135 cm³/mol. The average molecular weight is 489 g/mol. The van der Waals surface area contributed by atoms with Gasteiger partial charge in [0.05, 0.1) is 23.7 Å². The second kappa shape index (κ2) is 7.57. The molecule has 0 spiro atoms. The number of fused-ring (bicyclic) bond motifs is 7. The van der Waals surface area contributed by atoms with Gasteiger partial charge >= 0.3 is 5.97 Å². The SMILES string of the molecule is C[C@@H]1CC[C@]2(C(=O)O)CC[C@]3(C)C(=CCC4[C@@]5(C)CC[C@H](O)[C@@](C)(CO)[C@@H]5CC[C@]43C)[C@@H]2[C@]1(C)O. The Morgan fingerprint density at radius 1 is 0.971 bits per heavy atom. The molecule has 35 heavy (non-hydrogen) atoms. The van der Waals surface area contributed by atoms with Gasteiger partial charge in [-0.3, -0.25) is 4.79 Å². The van der Waals surface area contributed by atoms with Gasteiger partial charge in [-0.1, -0.05) is 46.3 Å². The van der Waals surface area contributed by atoms with Gasteiger partial charge in [0.1, 0.15) is 0 Å². The zero-order valence-corrected chi connectivity index (χ0v) is 22.7. The van der Waals surface area contributed by atoms with Crippen molar-refractivity contribution in [3.8, 4) is 0 Å². The Hall–Kier alpha value is -0.910. The zero-order chi connectivity index (χ0) is 25.8. The summed E-state index contributed by atoms with van der Waals surface area (Å²) < 4.78 is 0. The van der Waals surface area contributed by atoms with Crippen molar-refractivity contribution in [2.75, 3.05) is 6.61 Å². The first-order valence-electron chi connectivity index (χ1n) is 14.1. The monoisotopic (exact) mass is 488 g/mol. The Labute approximate surface area is 211 Å². The van der Waals surface area contributed by atoms with Crippen LogP contribution >= 0.6 is 0 Å². The molecule has 5 heteroatoms. The van der Waals surface area contributed by atoms with Gasteiger partial charge in [-0.2, -0.15) is 0 Å². The number of allylic oxidation sites excluding steroid dienone is 1. The number of carboxylic acid groups (broad SMARTS) is 1. The zero-order valence-electron chi connectivity index (χ0n) is 22.7. The van der Waals surface area contributed by atoms with Gasteiger partial charge in [-0.25, -0.2) is 0 Å². The molecule has 0 aliphatic heterocycles. The van der Waals surface area contributed by atoms with Crippen LogP contribution in [0.5, 0.6) is 0 Å². The van der Waals surface area contributed by atoms with Crippen LogP contribution in [-0.2, 0) is 4.79 Å². The van der Waals surface area contributed by atoms with E-state index in [0.717, 1.165) is 44.9 Å². The van der Waals surface area contributed by atoms with Gasteiger partial charge in [-0.05, 0) is 98.7 Å². The molecule has 0 amide bonds. The highest BCUT2D eigenvalue weighted by atomic mass is 16.4. The minimum atomic E-state index is -1.04. The van der Waals surface area contributed by atoms with E-state index < -0.39 is 28.5 Å². The standard InChI is InChI=1S/C30H48O5/c1-18-9-14-30(24(33)34)16-15-27(4)19(23(30)29(18,6)35)7-8-21-25(2)12-11-22(32)26(3,17-31)20(25)10-13-28(21,27)5/h7,18,20-23,31-32,35H,8-17H2,1-6H3,(H,33,34)/t18-,20-,21?,22+,23-,25+,26+,27-,28-,29-,30+/m1/s1. The molecule has 0 bridgehead atoms. The van der Waals surface area contributed by atoms with Gasteiger partial charge in [0.2, 0.25) is 0 Å². The van der Waals surface area contributed by atoms with Crippen molar-refractivity contribution in [3.63, 3.8) is 0 Å². The molecule has 0 aromatic carbocycles. The van der Waals surface area contributed by atoms with Crippen LogP contribution in [-0.4, -0.2) is 44.7 Å². The van der Waals surface area contributed by atoms with Crippen molar-refractivity contribution in [3.05, 3.63) is 11.6 Å². The number of aliphatic hydroxyl groups is 3. The summed E-state index contributed by atoms with van der Waals surface area (Å²) in [7, 11) is 0. The molecule has 0 aromatic rings. The third-order valence-electron chi connectivity index (χ3n) is 13.6. The summed E-state index contributed by atoms with van der Waals surface area (Å²) in [6.45, 7) is 13.3. The van der Waals surface area contributed by atoms with E-state index in [1.54, 1.807) is 0 Å². The van der Waals surface area contributed by atoms with E-state index in [4.69, 9.17) is 0 Å². The summed E-state index contributed by atoms with van der Waals surface area (Å²) in [5.41, 5.74) is -1.35. The van der Waals surface area contributed by atoms with Crippen molar-refractivity contribution in [2.24, 2.45) is 50.7 Å². The van der Waals surface area contributed by atoms with E-state index in [1.807, 2.05) is 6.92 Å². The van der Waals surface area contributed by atoms with Crippen LogP contribution in [0.4, 0.5) is 0 Å². The summed E-state index contributed by atoms with van der Waals surface area (Å²) in [5.74, 6) is -0.356. The molecule has 5 aliphatic carbocycles. The molecule has 5 rings (SSSR count). The first-order chi connectivity index (χ1) is 16.1. The third-order valence-corrected chi connectivity index (χ3v) is 13.6. The number of hydrogen-bond donors (Lipinski definition) is 4. The quantitative estimate of drug-likeness (QED) is 0.402. The van der Waals surface area contributed by atoms with Crippen molar-refractivity contribution in [2.45, 2.75) is 111 Å². The van der Waals surface area contributed by atoms with Crippen LogP contribution in [0.3, 0.4) is 0 Å². The van der Waals surface area contributed by atoms with Gasteiger partial charge in [0, 0.05) is 11.3 Å². The Bertz CT molecular complexity index is 941. The maximum absolute atomic E-state index is 12.8. The normalized spacial score (nSPS) is 57.7. The van der Waals surface area contributed by atoms with Crippen molar-refractivity contribution >= 4 is 5.97 Å². The molecule has 4 N–H and O–H groups in total. The fourth-order valence-corrected chi connectivity index (χ4v) is 10.9. The topological polar surface area (TPSA) is 98.0 Å². The minimum absolute atomic E-state index is 0.0115. The van der Waals surface area contributed by atoms with Crippen LogP contribution < -0.4 is 0 Å². The lowest BCUT2D eigenvalue weighted by Gasteiger charge is -2.71. The summed E-state index contributed by atoms with van der Waals surface area (Å²) in [4.78, 5) is 12.8. The lowest BCUT2D eigenvalue weighted by molar-refractivity contribution is -0.225. The number of aliphatic hydroxyl groups excluding tert-OH is 2. The fourth-order valence-electron chi connectivity index (χ4n) is 10.9. The Kier molecular flexibility index (Phi) is 5.56. The van der Waals surface area contributed by atoms with Crippen LogP contribution in [0.25, 0.3) is 0 Å². The second-order valence-corrected chi connectivity index (χ2v) is 14.6. The van der Waals surface area contributed by atoms with Gasteiger partial charge in [-0.15, -0.1) is 0 Å². The molecular formula is C30H48O5. The van der Waals surface area contributed by atoms with Crippen LogP contribution in [0.1, 0.15) is 99.3 Å². The molecule has 4 fully saturated rings. The summed E-state index contributed by atoms with van der Waals surface area (Å²) in [6, 6.07) is 0. The number of hydrogen-bond acceptors (Lipinski definition) is 4. The number of carbonyl (C=O) groups is 1. The van der Waals surface area contributed by atoms with Gasteiger partial charge < -0.3 is 20.4 Å². The van der Waals surface area contributed by atoms with Crippen molar-refractivity contribution < 1.29 is 25.2 Å². The predicted octanol–water partition coefficient (Wildman–Crippen LogP) is 5.18. The summed E-state index contributed by atoms with van der Waals surface area (Å²) in [6.07, 6.45) is 9.32. The smallest absolute Gasteiger partial charge is 0.310 e. The maximum atomic E-state index is 12.8. The molecule has 0 radical (unpaired) electrons. The minimum Gasteiger partial charge on any atom is -0.481 e. The number of carboxylic acids is 1. The Balaban J connectivity index is 1.64. The molecule has 0 heterocycles. The number of rotatable bonds is 2. The largest absolute Gasteiger partial charge is 0.481 e.